The van der Waals surface area contributed by atoms with Crippen molar-refractivity contribution in [2.75, 3.05) is 5.32 Å². The van der Waals surface area contributed by atoms with Crippen molar-refractivity contribution in [3.63, 3.8) is 0 Å². The third-order valence-electron chi connectivity index (χ3n) is 3.83. The standard InChI is InChI=1S/C19H22FN5O2/c1-13(2)8-17-10-16(24-27-17)11-21-19(26)23-18-6-7-22-25(18)12-14-4-3-5-15(20)9-14/h3-7,9-10,13H,8,11-12H2,1-2H3,(H2,21,23,26). The SMILES string of the molecule is CC(C)Cc1cc(CNC(=O)Nc2ccnn2Cc2cccc(F)c2)no1. The van der Waals surface area contributed by atoms with Gasteiger partial charge >= 0.3 is 6.03 Å². The van der Waals surface area contributed by atoms with E-state index in [0.717, 1.165) is 17.7 Å². The first-order valence-corrected chi connectivity index (χ1v) is 8.75. The Morgan fingerprint density at radius 3 is 2.93 bits per heavy atom. The van der Waals surface area contributed by atoms with Crippen molar-refractivity contribution >= 4 is 11.8 Å². The Morgan fingerprint density at radius 2 is 2.15 bits per heavy atom. The summed E-state index contributed by atoms with van der Waals surface area (Å²) in [5, 5.41) is 13.6. The molecule has 27 heavy (non-hydrogen) atoms. The first-order chi connectivity index (χ1) is 13.0. The number of benzene rings is 1. The highest BCUT2D eigenvalue weighted by atomic mass is 19.1. The molecule has 0 aliphatic rings. The molecule has 0 radical (unpaired) electrons. The third kappa shape index (κ3) is 5.40. The van der Waals surface area contributed by atoms with Gasteiger partial charge in [-0.25, -0.2) is 13.9 Å². The molecule has 2 N–H and O–H groups in total. The van der Waals surface area contributed by atoms with Gasteiger partial charge in [0.2, 0.25) is 0 Å². The fourth-order valence-electron chi connectivity index (χ4n) is 2.64. The molecule has 3 aromatic rings. The van der Waals surface area contributed by atoms with Crippen LogP contribution >= 0.6 is 0 Å². The molecule has 0 saturated carbocycles. The fourth-order valence-corrected chi connectivity index (χ4v) is 2.64. The van der Waals surface area contributed by atoms with Gasteiger partial charge in [-0.15, -0.1) is 0 Å². The van der Waals surface area contributed by atoms with Crippen molar-refractivity contribution < 1.29 is 13.7 Å². The van der Waals surface area contributed by atoms with Crippen LogP contribution < -0.4 is 10.6 Å². The van der Waals surface area contributed by atoms with E-state index in [0.29, 0.717) is 24.0 Å². The van der Waals surface area contributed by atoms with E-state index >= 15 is 0 Å². The van der Waals surface area contributed by atoms with Crippen LogP contribution in [0.5, 0.6) is 0 Å². The van der Waals surface area contributed by atoms with Crippen LogP contribution in [0.15, 0.2) is 47.1 Å². The minimum atomic E-state index is -0.385. The van der Waals surface area contributed by atoms with Crippen LogP contribution in [0.2, 0.25) is 0 Å². The summed E-state index contributed by atoms with van der Waals surface area (Å²) in [6.45, 7) is 4.80. The lowest BCUT2D eigenvalue weighted by Crippen LogP contribution is -2.29. The number of halogens is 1. The lowest BCUT2D eigenvalue weighted by Gasteiger charge is -2.09. The minimum absolute atomic E-state index is 0.255. The molecule has 0 saturated heterocycles. The zero-order chi connectivity index (χ0) is 19.2. The number of aromatic nitrogens is 3. The molecule has 0 spiro atoms. The Balaban J connectivity index is 1.54. The molecule has 2 amide bonds. The maximum Gasteiger partial charge on any atom is 0.320 e. The number of nitrogens with one attached hydrogen (secondary N) is 2. The van der Waals surface area contributed by atoms with Gasteiger partial charge < -0.3 is 9.84 Å². The summed E-state index contributed by atoms with van der Waals surface area (Å²) in [7, 11) is 0. The third-order valence-corrected chi connectivity index (χ3v) is 3.83. The van der Waals surface area contributed by atoms with E-state index in [1.165, 1.54) is 12.1 Å². The van der Waals surface area contributed by atoms with E-state index in [9.17, 15) is 9.18 Å². The molecular formula is C19H22FN5O2. The number of carbonyl (C=O) groups is 1. The lowest BCUT2D eigenvalue weighted by molar-refractivity contribution is 0.251. The Labute approximate surface area is 156 Å². The van der Waals surface area contributed by atoms with Crippen molar-refractivity contribution in [2.45, 2.75) is 33.4 Å². The summed E-state index contributed by atoms with van der Waals surface area (Å²) in [6, 6.07) is 9.39. The Kier molecular flexibility index (Phi) is 5.85. The van der Waals surface area contributed by atoms with E-state index in [2.05, 4.69) is 34.7 Å². The maximum atomic E-state index is 13.3. The van der Waals surface area contributed by atoms with E-state index in [1.807, 2.05) is 6.07 Å². The number of hydrogen-bond acceptors (Lipinski definition) is 4. The predicted octanol–water partition coefficient (Wildman–Crippen LogP) is 3.58. The molecule has 8 heteroatoms. The van der Waals surface area contributed by atoms with Crippen LogP contribution in [0.4, 0.5) is 15.0 Å². The summed E-state index contributed by atoms with van der Waals surface area (Å²) in [4.78, 5) is 12.1. The number of nitrogens with zero attached hydrogens (tertiary/aromatic N) is 3. The van der Waals surface area contributed by atoms with Crippen LogP contribution in [0.3, 0.4) is 0 Å². The van der Waals surface area contributed by atoms with Crippen molar-refractivity contribution in [1.29, 1.82) is 0 Å². The molecule has 0 aliphatic heterocycles. The van der Waals surface area contributed by atoms with Gasteiger partial charge in [-0.05, 0) is 23.6 Å². The molecule has 0 atom stereocenters. The van der Waals surface area contributed by atoms with Crippen LogP contribution in [0.1, 0.15) is 30.9 Å². The molecule has 1 aromatic carbocycles. The monoisotopic (exact) mass is 371 g/mol. The summed E-state index contributed by atoms with van der Waals surface area (Å²) in [5.41, 5.74) is 1.41. The van der Waals surface area contributed by atoms with Crippen molar-refractivity contribution in [2.24, 2.45) is 5.92 Å². The highest BCUT2D eigenvalue weighted by molar-refractivity contribution is 5.88. The maximum absolute atomic E-state index is 13.3. The molecule has 142 valence electrons. The van der Waals surface area contributed by atoms with E-state index in [-0.39, 0.29) is 18.4 Å². The molecule has 2 aromatic heterocycles. The van der Waals surface area contributed by atoms with E-state index in [4.69, 9.17) is 4.52 Å². The van der Waals surface area contributed by atoms with Gasteiger partial charge in [0.25, 0.3) is 0 Å². The van der Waals surface area contributed by atoms with Gasteiger partial charge in [-0.3, -0.25) is 5.32 Å². The first kappa shape index (κ1) is 18.6. The van der Waals surface area contributed by atoms with E-state index < -0.39 is 0 Å². The summed E-state index contributed by atoms with van der Waals surface area (Å²) in [5.74, 6) is 1.48. The number of anilines is 1. The molecule has 0 bridgehead atoms. The minimum Gasteiger partial charge on any atom is -0.361 e. The van der Waals surface area contributed by atoms with E-state index in [1.54, 1.807) is 29.1 Å². The highest BCUT2D eigenvalue weighted by Crippen LogP contribution is 2.12. The molecule has 0 unspecified atom stereocenters. The van der Waals surface area contributed by atoms with Crippen molar-refractivity contribution in [3.8, 4) is 0 Å². The number of urea groups is 1. The van der Waals surface area contributed by atoms with Crippen LogP contribution in [-0.2, 0) is 19.5 Å². The highest BCUT2D eigenvalue weighted by Gasteiger charge is 2.10. The number of hydrogen-bond donors (Lipinski definition) is 2. The smallest absolute Gasteiger partial charge is 0.320 e. The van der Waals surface area contributed by atoms with Gasteiger partial charge in [-0.2, -0.15) is 5.10 Å². The Bertz CT molecular complexity index is 903. The normalized spacial score (nSPS) is 11.0. The quantitative estimate of drug-likeness (QED) is 0.665. The zero-order valence-electron chi connectivity index (χ0n) is 15.3. The number of amides is 2. The van der Waals surface area contributed by atoms with Crippen LogP contribution in [-0.4, -0.2) is 21.0 Å². The van der Waals surface area contributed by atoms with Crippen molar-refractivity contribution in [1.82, 2.24) is 20.3 Å². The van der Waals surface area contributed by atoms with Crippen LogP contribution in [0, 0.1) is 11.7 Å². The van der Waals surface area contributed by atoms with Gasteiger partial charge in [0.15, 0.2) is 0 Å². The number of rotatable bonds is 7. The largest absolute Gasteiger partial charge is 0.361 e. The van der Waals surface area contributed by atoms with Gasteiger partial charge in [-0.1, -0.05) is 31.1 Å². The summed E-state index contributed by atoms with van der Waals surface area (Å²) in [6.07, 6.45) is 2.38. The van der Waals surface area contributed by atoms with Crippen LogP contribution in [0.25, 0.3) is 0 Å². The average molecular weight is 371 g/mol. The van der Waals surface area contributed by atoms with Gasteiger partial charge in [0.05, 0.1) is 19.3 Å². The number of carbonyl (C=O) groups excluding carboxylic acids is 1. The molecule has 0 aliphatic carbocycles. The Morgan fingerprint density at radius 1 is 1.30 bits per heavy atom. The summed E-state index contributed by atoms with van der Waals surface area (Å²) < 4.78 is 20.1. The topological polar surface area (TPSA) is 85.0 Å². The molecule has 2 heterocycles. The molecule has 3 rings (SSSR count). The second-order valence-corrected chi connectivity index (χ2v) is 6.69. The zero-order valence-corrected chi connectivity index (χ0v) is 15.3. The molecular weight excluding hydrogens is 349 g/mol. The fraction of sp³-hybridized carbons (Fsp3) is 0.316. The average Bonchev–Trinajstić information content (AvgIpc) is 3.22. The van der Waals surface area contributed by atoms with Gasteiger partial charge in [0.1, 0.15) is 23.1 Å². The van der Waals surface area contributed by atoms with Gasteiger partial charge in [0, 0.05) is 18.6 Å². The Hall–Kier alpha value is -3.16. The van der Waals surface area contributed by atoms with Crippen molar-refractivity contribution in [3.05, 3.63) is 65.4 Å². The second-order valence-electron chi connectivity index (χ2n) is 6.69. The first-order valence-electron chi connectivity index (χ1n) is 8.75. The second kappa shape index (κ2) is 8.48. The molecule has 0 fully saturated rings. The molecule has 7 nitrogen and oxygen atoms in total. The summed E-state index contributed by atoms with van der Waals surface area (Å²) >= 11 is 0. The predicted molar refractivity (Wildman–Crippen MR) is 98.6 cm³/mol. The lowest BCUT2D eigenvalue weighted by atomic mass is 10.1.